The second-order valence-electron chi connectivity index (χ2n) is 5.34. The summed E-state index contributed by atoms with van der Waals surface area (Å²) in [5.74, 6) is 1.55. The van der Waals surface area contributed by atoms with Gasteiger partial charge in [-0.3, -0.25) is 10.1 Å². The van der Waals surface area contributed by atoms with Crippen molar-refractivity contribution in [2.75, 3.05) is 5.32 Å². The fraction of sp³-hybridized carbons (Fsp3) is 0.643. The van der Waals surface area contributed by atoms with Crippen LogP contribution in [0.15, 0.2) is 12.1 Å². The van der Waals surface area contributed by atoms with Crippen molar-refractivity contribution in [1.29, 1.82) is 0 Å². The average Bonchev–Trinajstić information content (AvgIpc) is 2.38. The highest BCUT2D eigenvalue weighted by Gasteiger charge is 2.21. The molecule has 1 aromatic rings. The highest BCUT2D eigenvalue weighted by Crippen LogP contribution is 2.28. The molecule has 0 amide bonds. The predicted molar refractivity (Wildman–Crippen MR) is 75.3 cm³/mol. The number of anilines is 1. The Balaban J connectivity index is 2.03. The molecule has 0 aromatic carbocycles. The van der Waals surface area contributed by atoms with Crippen LogP contribution < -0.4 is 5.32 Å². The van der Waals surface area contributed by atoms with Crippen molar-refractivity contribution in [2.24, 2.45) is 5.92 Å². The Morgan fingerprint density at radius 2 is 2.26 bits per heavy atom. The maximum absolute atomic E-state index is 10.8. The first-order valence-electron chi connectivity index (χ1n) is 6.98. The number of nitrogens with zero attached hydrogens (tertiary/aromatic N) is 2. The lowest BCUT2D eigenvalue weighted by Crippen LogP contribution is -2.27. The summed E-state index contributed by atoms with van der Waals surface area (Å²) >= 11 is 0. The van der Waals surface area contributed by atoms with Gasteiger partial charge in [0.05, 0.1) is 4.92 Å². The quantitative estimate of drug-likeness (QED) is 0.664. The van der Waals surface area contributed by atoms with Gasteiger partial charge in [-0.25, -0.2) is 4.98 Å². The van der Waals surface area contributed by atoms with Crippen molar-refractivity contribution in [3.05, 3.63) is 27.9 Å². The van der Waals surface area contributed by atoms with Crippen molar-refractivity contribution in [3.8, 4) is 0 Å². The van der Waals surface area contributed by atoms with E-state index in [-0.39, 0.29) is 10.6 Å². The monoisotopic (exact) mass is 263 g/mol. The maximum Gasteiger partial charge on any atom is 0.290 e. The van der Waals surface area contributed by atoms with Gasteiger partial charge in [-0.05, 0) is 31.7 Å². The van der Waals surface area contributed by atoms with E-state index < -0.39 is 0 Å². The van der Waals surface area contributed by atoms with Gasteiger partial charge < -0.3 is 5.32 Å². The molecule has 19 heavy (non-hydrogen) atoms. The lowest BCUT2D eigenvalue weighted by molar-refractivity contribution is -0.385. The van der Waals surface area contributed by atoms with E-state index >= 15 is 0 Å². The van der Waals surface area contributed by atoms with Crippen molar-refractivity contribution in [3.63, 3.8) is 0 Å². The number of hydrogen-bond acceptors (Lipinski definition) is 4. The molecule has 5 nitrogen and oxygen atoms in total. The van der Waals surface area contributed by atoms with Crippen LogP contribution in [0.3, 0.4) is 0 Å². The third-order valence-electron chi connectivity index (χ3n) is 3.97. The molecule has 104 valence electrons. The van der Waals surface area contributed by atoms with Gasteiger partial charge in [0, 0.05) is 12.1 Å². The lowest BCUT2D eigenvalue weighted by Gasteiger charge is -2.29. The van der Waals surface area contributed by atoms with Gasteiger partial charge in [0.25, 0.3) is 5.69 Å². The van der Waals surface area contributed by atoms with E-state index in [4.69, 9.17) is 0 Å². The minimum Gasteiger partial charge on any atom is -0.367 e. The minimum atomic E-state index is -0.389. The Hall–Kier alpha value is -1.65. The highest BCUT2D eigenvalue weighted by molar-refractivity contribution is 5.45. The molecule has 0 aliphatic heterocycles. The van der Waals surface area contributed by atoms with Crippen LogP contribution in [-0.2, 0) is 0 Å². The van der Waals surface area contributed by atoms with E-state index in [0.29, 0.717) is 11.7 Å². The molecule has 1 saturated carbocycles. The smallest absolute Gasteiger partial charge is 0.290 e. The number of nitrogens with one attached hydrogen (secondary N) is 1. The number of pyridine rings is 1. The fourth-order valence-electron chi connectivity index (χ4n) is 2.83. The standard InChI is InChI=1S/C14H21N3O2/c1-3-11-5-4-6-12(9-11)16-14-8-7-13(17(18)19)10(2)15-14/h7-8,11-12H,3-6,9H2,1-2H3,(H,15,16). The summed E-state index contributed by atoms with van der Waals surface area (Å²) in [6.45, 7) is 3.92. The first kappa shape index (κ1) is 13.8. The molecule has 0 bridgehead atoms. The van der Waals surface area contributed by atoms with E-state index in [9.17, 15) is 10.1 Å². The summed E-state index contributed by atoms with van der Waals surface area (Å²) in [6.07, 6.45) is 6.14. The van der Waals surface area contributed by atoms with Crippen molar-refractivity contribution in [2.45, 2.75) is 52.0 Å². The molecule has 1 fully saturated rings. The molecule has 0 saturated heterocycles. The zero-order valence-corrected chi connectivity index (χ0v) is 11.6. The molecule has 1 aliphatic carbocycles. The molecule has 0 radical (unpaired) electrons. The van der Waals surface area contributed by atoms with Crippen LogP contribution in [0, 0.1) is 23.0 Å². The van der Waals surface area contributed by atoms with Crippen LogP contribution in [0.2, 0.25) is 0 Å². The molecular weight excluding hydrogens is 242 g/mol. The molecule has 2 atom stereocenters. The summed E-state index contributed by atoms with van der Waals surface area (Å²) < 4.78 is 0. The molecule has 1 heterocycles. The second-order valence-corrected chi connectivity index (χ2v) is 5.34. The average molecular weight is 263 g/mol. The summed E-state index contributed by atoms with van der Waals surface area (Å²) in [4.78, 5) is 14.6. The van der Waals surface area contributed by atoms with E-state index in [1.54, 1.807) is 13.0 Å². The van der Waals surface area contributed by atoms with E-state index in [1.807, 2.05) is 0 Å². The predicted octanol–water partition coefficient (Wildman–Crippen LogP) is 3.68. The molecule has 1 aliphatic rings. The fourth-order valence-corrected chi connectivity index (χ4v) is 2.83. The van der Waals surface area contributed by atoms with Gasteiger partial charge in [-0.1, -0.05) is 26.2 Å². The van der Waals surface area contributed by atoms with Gasteiger partial charge in [-0.2, -0.15) is 0 Å². The zero-order chi connectivity index (χ0) is 13.8. The van der Waals surface area contributed by atoms with Crippen LogP contribution in [0.1, 0.15) is 44.7 Å². The molecule has 0 spiro atoms. The third-order valence-corrected chi connectivity index (χ3v) is 3.97. The molecular formula is C14H21N3O2. The van der Waals surface area contributed by atoms with Crippen LogP contribution in [0.4, 0.5) is 11.5 Å². The number of aryl methyl sites for hydroxylation is 1. The zero-order valence-electron chi connectivity index (χ0n) is 11.6. The minimum absolute atomic E-state index is 0.0839. The van der Waals surface area contributed by atoms with E-state index in [1.165, 1.54) is 31.7 Å². The molecule has 1 N–H and O–H groups in total. The van der Waals surface area contributed by atoms with Gasteiger partial charge >= 0.3 is 0 Å². The summed E-state index contributed by atoms with van der Waals surface area (Å²) in [5, 5.41) is 14.2. The topological polar surface area (TPSA) is 68.1 Å². The lowest BCUT2D eigenvalue weighted by atomic mass is 9.84. The van der Waals surface area contributed by atoms with Gasteiger partial charge in [-0.15, -0.1) is 0 Å². The SMILES string of the molecule is CCC1CCCC(Nc2ccc([N+](=O)[O-])c(C)n2)C1. The summed E-state index contributed by atoms with van der Waals surface area (Å²) in [7, 11) is 0. The third kappa shape index (κ3) is 3.43. The Morgan fingerprint density at radius 1 is 1.47 bits per heavy atom. The Bertz CT molecular complexity index is 462. The Kier molecular flexibility index (Phi) is 4.35. The van der Waals surface area contributed by atoms with E-state index in [2.05, 4.69) is 17.2 Å². The van der Waals surface area contributed by atoms with Crippen LogP contribution in [-0.4, -0.2) is 15.9 Å². The van der Waals surface area contributed by atoms with E-state index in [0.717, 1.165) is 18.2 Å². The van der Waals surface area contributed by atoms with Gasteiger partial charge in [0.1, 0.15) is 11.5 Å². The van der Waals surface area contributed by atoms with Crippen LogP contribution in [0.5, 0.6) is 0 Å². The largest absolute Gasteiger partial charge is 0.367 e. The Morgan fingerprint density at radius 3 is 2.89 bits per heavy atom. The van der Waals surface area contributed by atoms with Crippen molar-refractivity contribution >= 4 is 11.5 Å². The first-order chi connectivity index (χ1) is 9.10. The first-order valence-corrected chi connectivity index (χ1v) is 6.98. The highest BCUT2D eigenvalue weighted by atomic mass is 16.6. The van der Waals surface area contributed by atoms with Crippen molar-refractivity contribution < 1.29 is 4.92 Å². The summed E-state index contributed by atoms with van der Waals surface area (Å²) in [6, 6.07) is 3.69. The number of aromatic nitrogens is 1. The second kappa shape index (κ2) is 5.99. The van der Waals surface area contributed by atoms with Gasteiger partial charge in [0.2, 0.25) is 0 Å². The summed E-state index contributed by atoms with van der Waals surface area (Å²) in [5.41, 5.74) is 0.554. The molecule has 5 heteroatoms. The maximum atomic E-state index is 10.8. The molecule has 2 rings (SSSR count). The van der Waals surface area contributed by atoms with Crippen LogP contribution in [0.25, 0.3) is 0 Å². The van der Waals surface area contributed by atoms with Crippen molar-refractivity contribution in [1.82, 2.24) is 4.98 Å². The number of hydrogen-bond donors (Lipinski definition) is 1. The molecule has 1 aromatic heterocycles. The normalized spacial score (nSPS) is 23.1. The van der Waals surface area contributed by atoms with Crippen LogP contribution >= 0.6 is 0 Å². The number of nitro groups is 1. The van der Waals surface area contributed by atoms with Gasteiger partial charge in [0.15, 0.2) is 0 Å². The number of rotatable bonds is 4. The molecule has 2 unspecified atom stereocenters. The Labute approximate surface area is 113 Å².